The second-order valence-electron chi connectivity index (χ2n) is 2.79. The lowest BCUT2D eigenvalue weighted by Crippen LogP contribution is -2.04. The first-order valence-corrected chi connectivity index (χ1v) is 5.52. The molecule has 0 aliphatic carbocycles. The standard InChI is InChI=1S/C10H11IO2/c1-8-2-4-9(5-3-8)10(6-11)13-7-12/h2-5,7,10H,6H2,1H3. The van der Waals surface area contributed by atoms with Gasteiger partial charge in [0.25, 0.3) is 6.47 Å². The minimum Gasteiger partial charge on any atom is -0.459 e. The molecule has 0 bridgehead atoms. The highest BCUT2D eigenvalue weighted by Crippen LogP contribution is 2.19. The predicted octanol–water partition coefficient (Wildman–Crippen LogP) is 2.64. The fourth-order valence-electron chi connectivity index (χ4n) is 1.05. The third-order valence-electron chi connectivity index (χ3n) is 1.81. The molecule has 1 aromatic carbocycles. The Morgan fingerprint density at radius 2 is 2.08 bits per heavy atom. The van der Waals surface area contributed by atoms with Gasteiger partial charge in [0, 0.05) is 4.43 Å². The summed E-state index contributed by atoms with van der Waals surface area (Å²) in [5.74, 6) is 0. The van der Waals surface area contributed by atoms with Crippen LogP contribution in [-0.4, -0.2) is 10.9 Å². The van der Waals surface area contributed by atoms with Gasteiger partial charge in [-0.15, -0.1) is 0 Å². The number of benzene rings is 1. The van der Waals surface area contributed by atoms with Crippen molar-refractivity contribution in [3.05, 3.63) is 35.4 Å². The van der Waals surface area contributed by atoms with Gasteiger partial charge in [0.2, 0.25) is 0 Å². The first-order chi connectivity index (χ1) is 6.27. The van der Waals surface area contributed by atoms with Crippen LogP contribution in [0.25, 0.3) is 0 Å². The molecule has 0 saturated heterocycles. The lowest BCUT2D eigenvalue weighted by atomic mass is 10.1. The molecule has 0 spiro atoms. The van der Waals surface area contributed by atoms with Crippen LogP contribution in [0, 0.1) is 6.92 Å². The number of rotatable bonds is 4. The van der Waals surface area contributed by atoms with Crippen molar-refractivity contribution in [1.82, 2.24) is 0 Å². The van der Waals surface area contributed by atoms with Gasteiger partial charge in [0.15, 0.2) is 0 Å². The van der Waals surface area contributed by atoms with Gasteiger partial charge in [-0.3, -0.25) is 4.79 Å². The van der Waals surface area contributed by atoms with Crippen LogP contribution in [0.4, 0.5) is 0 Å². The molecule has 1 aromatic rings. The Labute approximate surface area is 91.4 Å². The SMILES string of the molecule is Cc1ccc(C(CI)OC=O)cc1. The number of carbonyl (C=O) groups excluding carboxylic acids is 1. The maximum Gasteiger partial charge on any atom is 0.293 e. The molecule has 0 N–H and O–H groups in total. The lowest BCUT2D eigenvalue weighted by Gasteiger charge is -2.12. The topological polar surface area (TPSA) is 26.3 Å². The number of alkyl halides is 1. The summed E-state index contributed by atoms with van der Waals surface area (Å²) in [6.45, 7) is 2.53. The third-order valence-corrected chi connectivity index (χ3v) is 2.61. The van der Waals surface area contributed by atoms with E-state index in [-0.39, 0.29) is 6.10 Å². The van der Waals surface area contributed by atoms with Crippen LogP contribution in [0.5, 0.6) is 0 Å². The molecule has 13 heavy (non-hydrogen) atoms. The Bertz CT molecular complexity index is 269. The Balaban J connectivity index is 2.78. The summed E-state index contributed by atoms with van der Waals surface area (Å²) in [5.41, 5.74) is 2.26. The fraction of sp³-hybridized carbons (Fsp3) is 0.300. The molecule has 1 unspecified atom stereocenters. The largest absolute Gasteiger partial charge is 0.459 e. The van der Waals surface area contributed by atoms with Crippen molar-refractivity contribution in [3.63, 3.8) is 0 Å². The van der Waals surface area contributed by atoms with Crippen molar-refractivity contribution in [3.8, 4) is 0 Å². The second-order valence-corrected chi connectivity index (χ2v) is 3.67. The molecule has 0 radical (unpaired) electrons. The molecule has 0 saturated carbocycles. The fourth-order valence-corrected chi connectivity index (χ4v) is 1.77. The Hall–Kier alpha value is -0.580. The molecule has 70 valence electrons. The number of ether oxygens (including phenoxy) is 1. The summed E-state index contributed by atoms with van der Waals surface area (Å²) in [5, 5.41) is 0. The molecular formula is C10H11IO2. The molecule has 0 aliphatic rings. The van der Waals surface area contributed by atoms with Gasteiger partial charge in [0.1, 0.15) is 6.10 Å². The normalized spacial score (nSPS) is 12.2. The van der Waals surface area contributed by atoms with E-state index in [1.54, 1.807) is 0 Å². The van der Waals surface area contributed by atoms with Crippen LogP contribution < -0.4 is 0 Å². The number of halogens is 1. The summed E-state index contributed by atoms with van der Waals surface area (Å²) < 4.78 is 5.71. The van der Waals surface area contributed by atoms with E-state index in [1.165, 1.54) is 5.56 Å². The molecular weight excluding hydrogens is 279 g/mol. The van der Waals surface area contributed by atoms with Crippen LogP contribution >= 0.6 is 22.6 Å². The van der Waals surface area contributed by atoms with Gasteiger partial charge in [-0.2, -0.15) is 0 Å². The van der Waals surface area contributed by atoms with Gasteiger partial charge in [-0.25, -0.2) is 0 Å². The number of carbonyl (C=O) groups is 1. The summed E-state index contributed by atoms with van der Waals surface area (Å²) in [6.07, 6.45) is -0.112. The number of hydrogen-bond donors (Lipinski definition) is 0. The molecule has 3 heteroatoms. The van der Waals surface area contributed by atoms with Crippen LogP contribution in [0.15, 0.2) is 24.3 Å². The quantitative estimate of drug-likeness (QED) is 0.484. The van der Waals surface area contributed by atoms with Crippen molar-refractivity contribution in [2.75, 3.05) is 4.43 Å². The minimum atomic E-state index is -0.112. The first-order valence-electron chi connectivity index (χ1n) is 3.99. The zero-order chi connectivity index (χ0) is 9.68. The van der Waals surface area contributed by atoms with Crippen molar-refractivity contribution < 1.29 is 9.53 Å². The van der Waals surface area contributed by atoms with E-state index in [9.17, 15) is 4.79 Å². The van der Waals surface area contributed by atoms with Gasteiger partial charge >= 0.3 is 0 Å². The van der Waals surface area contributed by atoms with E-state index in [0.29, 0.717) is 6.47 Å². The highest BCUT2D eigenvalue weighted by atomic mass is 127. The van der Waals surface area contributed by atoms with Gasteiger partial charge in [-0.1, -0.05) is 52.4 Å². The zero-order valence-corrected chi connectivity index (χ0v) is 9.52. The minimum absolute atomic E-state index is 0.112. The molecule has 0 fully saturated rings. The third kappa shape index (κ3) is 2.99. The van der Waals surface area contributed by atoms with Gasteiger partial charge < -0.3 is 4.74 Å². The Morgan fingerprint density at radius 1 is 1.46 bits per heavy atom. The molecule has 0 aromatic heterocycles. The first kappa shape index (κ1) is 10.5. The smallest absolute Gasteiger partial charge is 0.293 e. The average molecular weight is 290 g/mol. The Kier molecular flexibility index (Phi) is 4.21. The predicted molar refractivity (Wildman–Crippen MR) is 60.0 cm³/mol. The maximum absolute atomic E-state index is 10.2. The average Bonchev–Trinajstić information content (AvgIpc) is 2.16. The lowest BCUT2D eigenvalue weighted by molar-refractivity contribution is -0.132. The van der Waals surface area contributed by atoms with E-state index in [4.69, 9.17) is 4.74 Å². The highest BCUT2D eigenvalue weighted by molar-refractivity contribution is 14.1. The van der Waals surface area contributed by atoms with E-state index in [0.717, 1.165) is 9.99 Å². The van der Waals surface area contributed by atoms with Gasteiger partial charge in [-0.05, 0) is 12.5 Å². The molecule has 0 amide bonds. The van der Waals surface area contributed by atoms with Crippen molar-refractivity contribution in [2.45, 2.75) is 13.0 Å². The van der Waals surface area contributed by atoms with E-state index < -0.39 is 0 Å². The second kappa shape index (κ2) is 5.21. The summed E-state index contributed by atoms with van der Waals surface area (Å²) in [4.78, 5) is 10.2. The van der Waals surface area contributed by atoms with E-state index in [2.05, 4.69) is 22.6 Å². The van der Waals surface area contributed by atoms with Gasteiger partial charge in [0.05, 0.1) is 0 Å². The zero-order valence-electron chi connectivity index (χ0n) is 7.37. The molecule has 2 nitrogen and oxygen atoms in total. The van der Waals surface area contributed by atoms with Crippen LogP contribution in [0.2, 0.25) is 0 Å². The maximum atomic E-state index is 10.2. The van der Waals surface area contributed by atoms with Crippen molar-refractivity contribution >= 4 is 29.1 Å². The van der Waals surface area contributed by atoms with Crippen LogP contribution in [0.1, 0.15) is 17.2 Å². The molecule has 1 atom stereocenters. The molecule has 0 heterocycles. The Morgan fingerprint density at radius 3 is 2.54 bits per heavy atom. The van der Waals surface area contributed by atoms with Crippen LogP contribution in [-0.2, 0) is 9.53 Å². The summed E-state index contributed by atoms with van der Waals surface area (Å²) >= 11 is 2.20. The van der Waals surface area contributed by atoms with Crippen LogP contribution in [0.3, 0.4) is 0 Å². The number of aryl methyl sites for hydroxylation is 1. The monoisotopic (exact) mass is 290 g/mol. The molecule has 1 rings (SSSR count). The molecule has 0 aliphatic heterocycles. The van der Waals surface area contributed by atoms with E-state index >= 15 is 0 Å². The summed E-state index contributed by atoms with van der Waals surface area (Å²) in [7, 11) is 0. The van der Waals surface area contributed by atoms with E-state index in [1.807, 2.05) is 31.2 Å². The number of hydrogen-bond acceptors (Lipinski definition) is 2. The highest BCUT2D eigenvalue weighted by Gasteiger charge is 2.09. The van der Waals surface area contributed by atoms with Crippen molar-refractivity contribution in [2.24, 2.45) is 0 Å². The summed E-state index contributed by atoms with van der Waals surface area (Å²) in [6, 6.07) is 8.01. The van der Waals surface area contributed by atoms with Crippen molar-refractivity contribution in [1.29, 1.82) is 0 Å².